The summed E-state index contributed by atoms with van der Waals surface area (Å²) in [5.41, 5.74) is 6.50. The summed E-state index contributed by atoms with van der Waals surface area (Å²) < 4.78 is 12.8. The van der Waals surface area contributed by atoms with Crippen molar-refractivity contribution in [1.29, 1.82) is 0 Å². The molecule has 0 aliphatic carbocycles. The van der Waals surface area contributed by atoms with Crippen LogP contribution in [0.4, 0.5) is 4.39 Å². The lowest BCUT2D eigenvalue weighted by atomic mass is 10.1. The molecule has 0 aliphatic rings. The van der Waals surface area contributed by atoms with Gasteiger partial charge >= 0.3 is 0 Å². The van der Waals surface area contributed by atoms with Gasteiger partial charge < -0.3 is 10.6 Å². The molecule has 5 heteroatoms. The van der Waals surface area contributed by atoms with Crippen LogP contribution < -0.4 is 5.73 Å². The molecule has 18 heavy (non-hydrogen) atoms. The molecule has 2 N–H and O–H groups in total. The first-order valence-electron chi connectivity index (χ1n) is 5.68. The molecule has 0 radical (unpaired) electrons. The van der Waals surface area contributed by atoms with E-state index >= 15 is 0 Å². The van der Waals surface area contributed by atoms with Gasteiger partial charge in [0.2, 0.25) is 5.91 Å². The fraction of sp³-hybridized carbons (Fsp3) is 0.462. The van der Waals surface area contributed by atoms with Gasteiger partial charge in [0.1, 0.15) is 5.82 Å². The first-order valence-corrected chi connectivity index (χ1v) is 5.68. The Morgan fingerprint density at radius 3 is 2.28 bits per heavy atom. The number of rotatable bonds is 4. The van der Waals surface area contributed by atoms with Crippen molar-refractivity contribution in [3.8, 4) is 0 Å². The third-order valence-corrected chi connectivity index (χ3v) is 2.82. The fourth-order valence-electron chi connectivity index (χ4n) is 1.60. The smallest absolute Gasteiger partial charge is 0.224 e. The Labute approximate surface area is 114 Å². The number of benzene rings is 1. The summed E-state index contributed by atoms with van der Waals surface area (Å²) in [5, 5.41) is 0. The molecule has 0 saturated heterocycles. The fourth-order valence-corrected chi connectivity index (χ4v) is 1.60. The van der Waals surface area contributed by atoms with Crippen molar-refractivity contribution in [2.75, 3.05) is 7.05 Å². The predicted molar refractivity (Wildman–Crippen MR) is 73.1 cm³/mol. The minimum atomic E-state index is -0.273. The maximum Gasteiger partial charge on any atom is 0.224 e. The van der Waals surface area contributed by atoms with E-state index in [1.54, 1.807) is 31.0 Å². The maximum absolute atomic E-state index is 12.8. The number of nitrogens with zero attached hydrogens (tertiary/aromatic N) is 1. The lowest BCUT2D eigenvalue weighted by Crippen LogP contribution is -2.33. The molecule has 1 aromatic carbocycles. The zero-order chi connectivity index (χ0) is 13.0. The van der Waals surface area contributed by atoms with Crippen molar-refractivity contribution in [1.82, 2.24) is 4.90 Å². The van der Waals surface area contributed by atoms with E-state index < -0.39 is 0 Å². The zero-order valence-electron chi connectivity index (χ0n) is 10.9. The van der Waals surface area contributed by atoms with Crippen molar-refractivity contribution >= 4 is 18.3 Å². The first kappa shape index (κ1) is 16.9. The van der Waals surface area contributed by atoms with Crippen LogP contribution in [0.5, 0.6) is 0 Å². The molecule has 2 atom stereocenters. The van der Waals surface area contributed by atoms with Crippen LogP contribution in [0.15, 0.2) is 24.3 Å². The summed E-state index contributed by atoms with van der Waals surface area (Å²) in [7, 11) is 1.73. The average Bonchev–Trinajstić information content (AvgIpc) is 2.27. The second-order valence-corrected chi connectivity index (χ2v) is 4.41. The number of nitrogens with two attached hydrogens (primary N) is 1. The number of hydrogen-bond acceptors (Lipinski definition) is 2. The van der Waals surface area contributed by atoms with Crippen LogP contribution in [0.25, 0.3) is 0 Å². The van der Waals surface area contributed by atoms with Crippen LogP contribution in [0.3, 0.4) is 0 Å². The van der Waals surface area contributed by atoms with E-state index in [2.05, 4.69) is 0 Å². The number of halogens is 2. The molecular weight excluding hydrogens is 255 g/mol. The summed E-state index contributed by atoms with van der Waals surface area (Å²) >= 11 is 0. The second-order valence-electron chi connectivity index (χ2n) is 4.41. The third kappa shape index (κ3) is 4.63. The maximum atomic E-state index is 12.8. The Balaban J connectivity index is 0.00000289. The SMILES string of the molecule is CC(N)CC(=O)N(C)C(C)c1ccc(F)cc1.Cl. The van der Waals surface area contributed by atoms with Crippen molar-refractivity contribution in [3.05, 3.63) is 35.6 Å². The second kappa shape index (κ2) is 7.34. The van der Waals surface area contributed by atoms with Gasteiger partial charge in [0.05, 0.1) is 6.04 Å². The largest absolute Gasteiger partial charge is 0.339 e. The van der Waals surface area contributed by atoms with Crippen LogP contribution in [0.2, 0.25) is 0 Å². The van der Waals surface area contributed by atoms with E-state index in [4.69, 9.17) is 5.73 Å². The number of carbonyl (C=O) groups is 1. The molecule has 0 aromatic heterocycles. The minimum absolute atomic E-state index is 0. The highest BCUT2D eigenvalue weighted by Gasteiger charge is 2.18. The Morgan fingerprint density at radius 2 is 1.83 bits per heavy atom. The normalized spacial score (nSPS) is 13.4. The molecule has 0 spiro atoms. The highest BCUT2D eigenvalue weighted by atomic mass is 35.5. The van der Waals surface area contributed by atoms with Crippen LogP contribution in [-0.4, -0.2) is 23.9 Å². The van der Waals surface area contributed by atoms with Crippen molar-refractivity contribution in [2.45, 2.75) is 32.4 Å². The Kier molecular flexibility index (Phi) is 6.88. The van der Waals surface area contributed by atoms with E-state index in [0.717, 1.165) is 5.56 Å². The topological polar surface area (TPSA) is 46.3 Å². The predicted octanol–water partition coefficient (Wildman–Crippen LogP) is 2.50. The van der Waals surface area contributed by atoms with Gasteiger partial charge in [-0.25, -0.2) is 4.39 Å². The Bertz CT molecular complexity index is 381. The molecule has 0 heterocycles. The van der Waals surface area contributed by atoms with E-state index in [9.17, 15) is 9.18 Å². The van der Waals surface area contributed by atoms with Gasteiger partial charge in [-0.2, -0.15) is 0 Å². The molecular formula is C13H20ClFN2O. The molecule has 1 aromatic rings. The molecule has 0 bridgehead atoms. The summed E-state index contributed by atoms with van der Waals surface area (Å²) in [6.45, 7) is 3.71. The van der Waals surface area contributed by atoms with Crippen LogP contribution in [0.1, 0.15) is 31.9 Å². The molecule has 2 unspecified atom stereocenters. The molecule has 1 rings (SSSR count). The van der Waals surface area contributed by atoms with Gasteiger partial charge in [0, 0.05) is 19.5 Å². The minimum Gasteiger partial charge on any atom is -0.339 e. The highest BCUT2D eigenvalue weighted by molar-refractivity contribution is 5.85. The van der Waals surface area contributed by atoms with Gasteiger partial charge in [0.15, 0.2) is 0 Å². The van der Waals surface area contributed by atoms with E-state index in [1.165, 1.54) is 12.1 Å². The molecule has 102 valence electrons. The van der Waals surface area contributed by atoms with Crippen molar-refractivity contribution in [2.24, 2.45) is 5.73 Å². The molecule has 0 fully saturated rings. The zero-order valence-corrected chi connectivity index (χ0v) is 11.7. The number of hydrogen-bond donors (Lipinski definition) is 1. The van der Waals surface area contributed by atoms with E-state index in [0.29, 0.717) is 6.42 Å². The standard InChI is InChI=1S/C13H19FN2O.ClH/c1-9(15)8-13(17)16(3)10(2)11-4-6-12(14)7-5-11;/h4-7,9-10H,8,15H2,1-3H3;1H. The number of carbonyl (C=O) groups excluding carboxylic acids is 1. The van der Waals surface area contributed by atoms with Crippen LogP contribution in [-0.2, 0) is 4.79 Å². The lowest BCUT2D eigenvalue weighted by Gasteiger charge is -2.26. The summed E-state index contributed by atoms with van der Waals surface area (Å²) in [6, 6.07) is 5.95. The van der Waals surface area contributed by atoms with Crippen molar-refractivity contribution in [3.63, 3.8) is 0 Å². The van der Waals surface area contributed by atoms with E-state index in [1.807, 2.05) is 6.92 Å². The Hall–Kier alpha value is -1.13. The average molecular weight is 275 g/mol. The van der Waals surface area contributed by atoms with E-state index in [-0.39, 0.29) is 36.2 Å². The van der Waals surface area contributed by atoms with Crippen LogP contribution >= 0.6 is 12.4 Å². The van der Waals surface area contributed by atoms with Gasteiger partial charge in [-0.1, -0.05) is 12.1 Å². The van der Waals surface area contributed by atoms with Crippen LogP contribution in [0, 0.1) is 5.82 Å². The van der Waals surface area contributed by atoms with Gasteiger partial charge in [0.25, 0.3) is 0 Å². The molecule has 3 nitrogen and oxygen atoms in total. The summed E-state index contributed by atoms with van der Waals surface area (Å²) in [4.78, 5) is 13.4. The van der Waals surface area contributed by atoms with Gasteiger partial charge in [-0.3, -0.25) is 4.79 Å². The molecule has 1 amide bonds. The highest BCUT2D eigenvalue weighted by Crippen LogP contribution is 2.19. The van der Waals surface area contributed by atoms with Crippen molar-refractivity contribution < 1.29 is 9.18 Å². The lowest BCUT2D eigenvalue weighted by molar-refractivity contribution is -0.132. The number of amides is 1. The Morgan fingerprint density at radius 1 is 1.33 bits per heavy atom. The molecule has 0 aliphatic heterocycles. The first-order chi connectivity index (χ1) is 7.91. The summed E-state index contributed by atoms with van der Waals surface area (Å²) in [6.07, 6.45) is 0.321. The van der Waals surface area contributed by atoms with Gasteiger partial charge in [-0.05, 0) is 31.5 Å². The van der Waals surface area contributed by atoms with Gasteiger partial charge in [-0.15, -0.1) is 12.4 Å². The quantitative estimate of drug-likeness (QED) is 0.917. The third-order valence-electron chi connectivity index (χ3n) is 2.82. The monoisotopic (exact) mass is 274 g/mol. The molecule has 0 saturated carbocycles. The summed E-state index contributed by atoms with van der Waals surface area (Å²) in [5.74, 6) is -0.276.